The number of nitrogens with two attached hydrogens (primary N) is 1. The molecule has 5 nitrogen and oxygen atoms in total. The van der Waals surface area contributed by atoms with Crippen LogP contribution in [0, 0.1) is 11.6 Å². The Bertz CT molecular complexity index is 426. The highest BCUT2D eigenvalue weighted by atomic mass is 19.1. The minimum atomic E-state index is -0.499. The lowest BCUT2D eigenvalue weighted by Gasteiger charge is -2.09. The van der Waals surface area contributed by atoms with Crippen molar-refractivity contribution < 1.29 is 13.5 Å². The Labute approximate surface area is 110 Å². The Morgan fingerprint density at radius 1 is 1.42 bits per heavy atom. The maximum atomic E-state index is 13.4. The van der Waals surface area contributed by atoms with Gasteiger partial charge >= 0.3 is 0 Å². The van der Waals surface area contributed by atoms with E-state index in [1.54, 1.807) is 7.11 Å². The number of aliphatic imine (C=N–C) groups is 1. The van der Waals surface area contributed by atoms with Crippen molar-refractivity contribution in [3.63, 3.8) is 0 Å². The van der Waals surface area contributed by atoms with Crippen LogP contribution in [0.3, 0.4) is 0 Å². The number of benzene rings is 1. The molecule has 0 aliphatic carbocycles. The van der Waals surface area contributed by atoms with Crippen LogP contribution in [0.2, 0.25) is 0 Å². The van der Waals surface area contributed by atoms with Gasteiger partial charge in [0.25, 0.3) is 0 Å². The van der Waals surface area contributed by atoms with Crippen LogP contribution >= 0.6 is 0 Å². The molecule has 0 heterocycles. The highest BCUT2D eigenvalue weighted by molar-refractivity contribution is 5.79. The van der Waals surface area contributed by atoms with E-state index in [-0.39, 0.29) is 12.1 Å². The molecule has 0 bridgehead atoms. The van der Waals surface area contributed by atoms with Gasteiger partial charge in [-0.3, -0.25) is 5.43 Å². The van der Waals surface area contributed by atoms with Crippen molar-refractivity contribution >= 4 is 5.96 Å². The fraction of sp³-hybridized carbons (Fsp3) is 0.417. The van der Waals surface area contributed by atoms with Crippen molar-refractivity contribution in [2.24, 2.45) is 10.8 Å². The summed E-state index contributed by atoms with van der Waals surface area (Å²) in [4.78, 5) is 4.03. The number of nitrogens with zero attached hydrogens (tertiary/aromatic N) is 1. The molecule has 1 rings (SSSR count). The molecular weight excluding hydrogens is 254 g/mol. The first-order valence-electron chi connectivity index (χ1n) is 5.85. The van der Waals surface area contributed by atoms with E-state index in [0.717, 1.165) is 24.6 Å². The van der Waals surface area contributed by atoms with Gasteiger partial charge in [-0.15, -0.1) is 0 Å². The van der Waals surface area contributed by atoms with Gasteiger partial charge < -0.3 is 10.1 Å². The SMILES string of the molecule is COCCCNC(=NCc1cc(F)ccc1F)NN. The van der Waals surface area contributed by atoms with Crippen LogP contribution < -0.4 is 16.6 Å². The minimum Gasteiger partial charge on any atom is -0.385 e. The number of rotatable bonds is 6. The second-order valence-corrected chi connectivity index (χ2v) is 3.82. The van der Waals surface area contributed by atoms with E-state index < -0.39 is 11.6 Å². The number of guanidine groups is 1. The maximum absolute atomic E-state index is 13.4. The van der Waals surface area contributed by atoms with E-state index >= 15 is 0 Å². The second-order valence-electron chi connectivity index (χ2n) is 3.82. The number of ether oxygens (including phenoxy) is 1. The smallest absolute Gasteiger partial charge is 0.206 e. The number of halogens is 2. The molecule has 0 aliphatic heterocycles. The summed E-state index contributed by atoms with van der Waals surface area (Å²) in [6.45, 7) is 1.23. The molecule has 0 atom stereocenters. The van der Waals surface area contributed by atoms with Crippen LogP contribution in [0.1, 0.15) is 12.0 Å². The van der Waals surface area contributed by atoms with Crippen LogP contribution in [-0.2, 0) is 11.3 Å². The molecule has 1 aromatic rings. The monoisotopic (exact) mass is 272 g/mol. The third kappa shape index (κ3) is 5.62. The first-order chi connectivity index (χ1) is 9.17. The van der Waals surface area contributed by atoms with Crippen LogP contribution in [-0.4, -0.2) is 26.2 Å². The molecule has 0 radical (unpaired) electrons. The van der Waals surface area contributed by atoms with Crippen molar-refractivity contribution in [3.8, 4) is 0 Å². The molecule has 7 heteroatoms. The second kappa shape index (κ2) is 8.39. The fourth-order valence-corrected chi connectivity index (χ4v) is 1.40. The lowest BCUT2D eigenvalue weighted by Crippen LogP contribution is -2.42. The van der Waals surface area contributed by atoms with Gasteiger partial charge in [-0.05, 0) is 24.6 Å². The average molecular weight is 272 g/mol. The van der Waals surface area contributed by atoms with Gasteiger partial charge in [0.2, 0.25) is 5.96 Å². The van der Waals surface area contributed by atoms with Crippen LogP contribution in [0.4, 0.5) is 8.78 Å². The first-order valence-corrected chi connectivity index (χ1v) is 5.85. The molecular formula is C12H18F2N4O. The van der Waals surface area contributed by atoms with Crippen LogP contribution in [0.15, 0.2) is 23.2 Å². The minimum absolute atomic E-state index is 0.000401. The Morgan fingerprint density at radius 2 is 2.21 bits per heavy atom. The quantitative estimate of drug-likeness (QED) is 0.237. The largest absolute Gasteiger partial charge is 0.385 e. The topological polar surface area (TPSA) is 71.7 Å². The standard InChI is InChI=1S/C12H18F2N4O/c1-19-6-2-5-16-12(18-15)17-8-9-7-10(13)3-4-11(9)14/h3-4,7H,2,5-6,8,15H2,1H3,(H2,16,17,18). The number of nitrogens with one attached hydrogen (secondary N) is 2. The maximum Gasteiger partial charge on any atom is 0.206 e. The van der Waals surface area contributed by atoms with Crippen molar-refractivity contribution in [2.45, 2.75) is 13.0 Å². The molecule has 0 aromatic heterocycles. The molecule has 19 heavy (non-hydrogen) atoms. The Morgan fingerprint density at radius 3 is 2.89 bits per heavy atom. The Kier molecular flexibility index (Phi) is 6.76. The molecule has 0 aliphatic rings. The van der Waals surface area contributed by atoms with Gasteiger partial charge in [-0.2, -0.15) is 0 Å². The molecule has 0 unspecified atom stereocenters. The number of hydrogen-bond donors (Lipinski definition) is 3. The van der Waals surface area contributed by atoms with Gasteiger partial charge in [0.1, 0.15) is 11.6 Å². The third-order valence-electron chi connectivity index (χ3n) is 2.37. The number of hydrazine groups is 1. The third-order valence-corrected chi connectivity index (χ3v) is 2.37. The predicted octanol–water partition coefficient (Wildman–Crippen LogP) is 0.910. The zero-order chi connectivity index (χ0) is 14.1. The highest BCUT2D eigenvalue weighted by Crippen LogP contribution is 2.10. The number of methoxy groups -OCH3 is 1. The van der Waals surface area contributed by atoms with Crippen molar-refractivity contribution in [1.82, 2.24) is 10.7 Å². The van der Waals surface area contributed by atoms with Crippen LogP contribution in [0.25, 0.3) is 0 Å². The van der Waals surface area contributed by atoms with Crippen molar-refractivity contribution in [2.75, 3.05) is 20.3 Å². The molecule has 0 spiro atoms. The molecule has 0 amide bonds. The fourth-order valence-electron chi connectivity index (χ4n) is 1.40. The summed E-state index contributed by atoms with van der Waals surface area (Å²) in [5.74, 6) is 4.60. The van der Waals surface area contributed by atoms with Gasteiger partial charge in [-0.1, -0.05) is 0 Å². The van der Waals surface area contributed by atoms with E-state index in [1.165, 1.54) is 0 Å². The van der Waals surface area contributed by atoms with E-state index in [2.05, 4.69) is 15.7 Å². The lowest BCUT2D eigenvalue weighted by atomic mass is 10.2. The normalized spacial score (nSPS) is 11.5. The van der Waals surface area contributed by atoms with E-state index in [4.69, 9.17) is 10.6 Å². The van der Waals surface area contributed by atoms with Gasteiger partial charge in [-0.25, -0.2) is 19.6 Å². The summed E-state index contributed by atoms with van der Waals surface area (Å²) in [6.07, 6.45) is 0.783. The Hall–Kier alpha value is -1.73. The number of hydrogen-bond acceptors (Lipinski definition) is 3. The predicted molar refractivity (Wildman–Crippen MR) is 69.3 cm³/mol. The lowest BCUT2D eigenvalue weighted by molar-refractivity contribution is 0.195. The zero-order valence-electron chi connectivity index (χ0n) is 10.7. The summed E-state index contributed by atoms with van der Waals surface area (Å²) in [7, 11) is 1.61. The van der Waals surface area contributed by atoms with Crippen LogP contribution in [0.5, 0.6) is 0 Å². The first kappa shape index (κ1) is 15.3. The summed E-state index contributed by atoms with van der Waals surface area (Å²) >= 11 is 0. The molecule has 4 N–H and O–H groups in total. The van der Waals surface area contributed by atoms with E-state index in [9.17, 15) is 8.78 Å². The van der Waals surface area contributed by atoms with Crippen molar-refractivity contribution in [1.29, 1.82) is 0 Å². The summed E-state index contributed by atoms with van der Waals surface area (Å²) in [6, 6.07) is 3.24. The molecule has 0 fully saturated rings. The van der Waals surface area contributed by atoms with Crippen molar-refractivity contribution in [3.05, 3.63) is 35.4 Å². The van der Waals surface area contributed by atoms with E-state index in [0.29, 0.717) is 19.1 Å². The summed E-state index contributed by atoms with van der Waals surface area (Å²) < 4.78 is 31.2. The molecule has 0 saturated heterocycles. The summed E-state index contributed by atoms with van der Waals surface area (Å²) in [5, 5.41) is 2.93. The summed E-state index contributed by atoms with van der Waals surface area (Å²) in [5.41, 5.74) is 2.54. The van der Waals surface area contributed by atoms with Gasteiger partial charge in [0.15, 0.2) is 0 Å². The molecule has 1 aromatic carbocycles. The van der Waals surface area contributed by atoms with Gasteiger partial charge in [0, 0.05) is 25.8 Å². The van der Waals surface area contributed by atoms with Gasteiger partial charge in [0.05, 0.1) is 6.54 Å². The van der Waals surface area contributed by atoms with E-state index in [1.807, 2.05) is 0 Å². The zero-order valence-corrected chi connectivity index (χ0v) is 10.7. The highest BCUT2D eigenvalue weighted by Gasteiger charge is 2.03. The Balaban J connectivity index is 2.53. The average Bonchev–Trinajstić information content (AvgIpc) is 2.41. The molecule has 106 valence electrons. The molecule has 0 saturated carbocycles.